The minimum absolute atomic E-state index is 0.0504. The highest BCUT2D eigenvalue weighted by Crippen LogP contribution is 2.24. The zero-order valence-electron chi connectivity index (χ0n) is 10.8. The van der Waals surface area contributed by atoms with Crippen molar-refractivity contribution in [1.29, 1.82) is 0 Å². The second-order valence-corrected chi connectivity index (χ2v) is 6.38. The molecule has 2 aromatic carbocycles. The van der Waals surface area contributed by atoms with E-state index in [-0.39, 0.29) is 11.9 Å². The Labute approximate surface area is 132 Å². The lowest BCUT2D eigenvalue weighted by Crippen LogP contribution is -2.35. The summed E-state index contributed by atoms with van der Waals surface area (Å²) in [6.45, 7) is 0. The van der Waals surface area contributed by atoms with Crippen molar-refractivity contribution < 1.29 is 4.79 Å². The fourth-order valence-corrected chi connectivity index (χ4v) is 3.24. The smallest absolute Gasteiger partial charge is 0.252 e. The van der Waals surface area contributed by atoms with Gasteiger partial charge in [-0.3, -0.25) is 4.79 Å². The van der Waals surface area contributed by atoms with Gasteiger partial charge in [0.15, 0.2) is 0 Å². The molecule has 0 atom stereocenters. The molecule has 1 aliphatic carbocycles. The minimum atomic E-state index is -0.0504. The molecule has 0 unspecified atom stereocenters. The maximum absolute atomic E-state index is 12.3. The van der Waals surface area contributed by atoms with E-state index in [4.69, 9.17) is 0 Å². The highest BCUT2D eigenvalue weighted by atomic mass is 79.9. The Bertz CT molecular complexity index is 646. The van der Waals surface area contributed by atoms with Crippen LogP contribution in [-0.2, 0) is 12.8 Å². The molecular formula is C16H14BrNOS. The monoisotopic (exact) mass is 347 g/mol. The first-order valence-electron chi connectivity index (χ1n) is 6.49. The maximum atomic E-state index is 12.3. The standard InChI is InChI=1S/C16H14BrNOS/c17-15-6-5-13(20)9-14(15)16(19)18-12-7-10-3-1-2-4-11(10)8-12/h1-6,9,12,20H,7-8H2,(H,18,19). The third kappa shape index (κ3) is 2.76. The number of carbonyl (C=O) groups is 1. The zero-order valence-corrected chi connectivity index (χ0v) is 13.2. The zero-order chi connectivity index (χ0) is 14.1. The van der Waals surface area contributed by atoms with Crippen LogP contribution in [0, 0.1) is 0 Å². The molecule has 0 aliphatic heterocycles. The summed E-state index contributed by atoms with van der Waals surface area (Å²) in [5.74, 6) is -0.0504. The van der Waals surface area contributed by atoms with E-state index >= 15 is 0 Å². The third-order valence-corrected chi connectivity index (χ3v) is 4.55. The van der Waals surface area contributed by atoms with Gasteiger partial charge >= 0.3 is 0 Å². The van der Waals surface area contributed by atoms with Gasteiger partial charge in [0, 0.05) is 15.4 Å². The third-order valence-electron chi connectivity index (χ3n) is 3.58. The van der Waals surface area contributed by atoms with Gasteiger partial charge in [-0.25, -0.2) is 0 Å². The van der Waals surface area contributed by atoms with E-state index in [0.29, 0.717) is 5.56 Å². The van der Waals surface area contributed by atoms with E-state index in [1.165, 1.54) is 11.1 Å². The van der Waals surface area contributed by atoms with E-state index in [0.717, 1.165) is 22.2 Å². The number of hydrogen-bond donors (Lipinski definition) is 2. The fraction of sp³-hybridized carbons (Fsp3) is 0.188. The van der Waals surface area contributed by atoms with Crippen LogP contribution < -0.4 is 5.32 Å². The lowest BCUT2D eigenvalue weighted by atomic mass is 10.1. The Morgan fingerprint density at radius 3 is 2.45 bits per heavy atom. The predicted octanol–water partition coefficient (Wildman–Crippen LogP) is 3.64. The van der Waals surface area contributed by atoms with Crippen LogP contribution in [0.5, 0.6) is 0 Å². The van der Waals surface area contributed by atoms with Crippen LogP contribution in [0.4, 0.5) is 0 Å². The molecule has 4 heteroatoms. The quantitative estimate of drug-likeness (QED) is 0.798. The molecule has 0 heterocycles. The first-order chi connectivity index (χ1) is 9.63. The Morgan fingerprint density at radius 2 is 1.80 bits per heavy atom. The second-order valence-electron chi connectivity index (χ2n) is 5.01. The van der Waals surface area contributed by atoms with E-state index in [2.05, 4.69) is 46.0 Å². The Morgan fingerprint density at radius 1 is 1.15 bits per heavy atom. The number of fused-ring (bicyclic) bond motifs is 1. The van der Waals surface area contributed by atoms with Crippen molar-refractivity contribution in [1.82, 2.24) is 5.32 Å². The molecular weight excluding hydrogens is 334 g/mol. The number of amides is 1. The number of thiol groups is 1. The number of nitrogens with one attached hydrogen (secondary N) is 1. The normalized spacial score (nSPS) is 14.1. The molecule has 20 heavy (non-hydrogen) atoms. The van der Waals surface area contributed by atoms with Gasteiger partial charge in [0.05, 0.1) is 5.56 Å². The summed E-state index contributed by atoms with van der Waals surface area (Å²) in [6.07, 6.45) is 1.81. The Balaban J connectivity index is 1.74. The summed E-state index contributed by atoms with van der Waals surface area (Å²) in [4.78, 5) is 13.1. The number of rotatable bonds is 2. The van der Waals surface area contributed by atoms with Gasteiger partial charge in [0.25, 0.3) is 5.91 Å². The topological polar surface area (TPSA) is 29.1 Å². The molecule has 1 amide bonds. The largest absolute Gasteiger partial charge is 0.349 e. The molecule has 2 nitrogen and oxygen atoms in total. The van der Waals surface area contributed by atoms with Crippen molar-refractivity contribution in [3.05, 3.63) is 63.6 Å². The van der Waals surface area contributed by atoms with E-state index in [1.54, 1.807) is 6.07 Å². The van der Waals surface area contributed by atoms with Gasteiger partial charge in [-0.05, 0) is 58.1 Å². The fourth-order valence-electron chi connectivity index (χ4n) is 2.61. The summed E-state index contributed by atoms with van der Waals surface area (Å²) in [6, 6.07) is 14.0. The molecule has 1 aliphatic rings. The lowest BCUT2D eigenvalue weighted by molar-refractivity contribution is 0.0937. The molecule has 1 N–H and O–H groups in total. The van der Waals surface area contributed by atoms with E-state index in [1.807, 2.05) is 24.3 Å². The molecule has 0 fully saturated rings. The van der Waals surface area contributed by atoms with Crippen LogP contribution in [0.15, 0.2) is 51.8 Å². The van der Waals surface area contributed by atoms with Crippen molar-refractivity contribution >= 4 is 34.5 Å². The highest BCUT2D eigenvalue weighted by molar-refractivity contribution is 9.10. The van der Waals surface area contributed by atoms with Crippen molar-refractivity contribution in [3.63, 3.8) is 0 Å². The van der Waals surface area contributed by atoms with Gasteiger partial charge in [0.1, 0.15) is 0 Å². The molecule has 0 bridgehead atoms. The molecule has 2 aromatic rings. The van der Waals surface area contributed by atoms with Crippen LogP contribution >= 0.6 is 28.6 Å². The SMILES string of the molecule is O=C(NC1Cc2ccccc2C1)c1cc(S)ccc1Br. The van der Waals surface area contributed by atoms with Crippen LogP contribution in [0.3, 0.4) is 0 Å². The Hall–Kier alpha value is -1.26. The number of halogens is 1. The van der Waals surface area contributed by atoms with Gasteiger partial charge in [0.2, 0.25) is 0 Å². The summed E-state index contributed by atoms with van der Waals surface area (Å²) in [7, 11) is 0. The molecule has 0 aromatic heterocycles. The summed E-state index contributed by atoms with van der Waals surface area (Å²) in [5.41, 5.74) is 3.30. The van der Waals surface area contributed by atoms with Crippen molar-refractivity contribution in [2.75, 3.05) is 0 Å². The maximum Gasteiger partial charge on any atom is 0.252 e. The minimum Gasteiger partial charge on any atom is -0.349 e. The van der Waals surface area contributed by atoms with Gasteiger partial charge in [-0.2, -0.15) is 0 Å². The van der Waals surface area contributed by atoms with Crippen molar-refractivity contribution in [3.8, 4) is 0 Å². The van der Waals surface area contributed by atoms with Crippen LogP contribution in [0.2, 0.25) is 0 Å². The van der Waals surface area contributed by atoms with Crippen LogP contribution in [0.25, 0.3) is 0 Å². The second kappa shape index (κ2) is 5.62. The van der Waals surface area contributed by atoms with Crippen LogP contribution in [0.1, 0.15) is 21.5 Å². The van der Waals surface area contributed by atoms with E-state index in [9.17, 15) is 4.79 Å². The number of carbonyl (C=O) groups excluding carboxylic acids is 1. The van der Waals surface area contributed by atoms with Crippen molar-refractivity contribution in [2.45, 2.75) is 23.8 Å². The summed E-state index contributed by atoms with van der Waals surface area (Å²) in [5, 5.41) is 3.11. The van der Waals surface area contributed by atoms with E-state index < -0.39 is 0 Å². The molecule has 102 valence electrons. The first-order valence-corrected chi connectivity index (χ1v) is 7.73. The van der Waals surface area contributed by atoms with Gasteiger partial charge < -0.3 is 5.32 Å². The van der Waals surface area contributed by atoms with Gasteiger partial charge in [-0.15, -0.1) is 12.6 Å². The molecule has 0 spiro atoms. The predicted molar refractivity (Wildman–Crippen MR) is 86.5 cm³/mol. The molecule has 0 radical (unpaired) electrons. The summed E-state index contributed by atoms with van der Waals surface area (Å²) < 4.78 is 0.795. The van der Waals surface area contributed by atoms with Crippen molar-refractivity contribution in [2.24, 2.45) is 0 Å². The number of hydrogen-bond acceptors (Lipinski definition) is 2. The highest BCUT2D eigenvalue weighted by Gasteiger charge is 2.23. The number of benzene rings is 2. The van der Waals surface area contributed by atoms with Crippen LogP contribution in [-0.4, -0.2) is 11.9 Å². The first kappa shape index (κ1) is 13.7. The average molecular weight is 348 g/mol. The lowest BCUT2D eigenvalue weighted by Gasteiger charge is -2.13. The average Bonchev–Trinajstić information content (AvgIpc) is 2.83. The molecule has 3 rings (SSSR count). The summed E-state index contributed by atoms with van der Waals surface area (Å²) >= 11 is 7.70. The molecule has 0 saturated carbocycles. The molecule has 0 saturated heterocycles. The Kier molecular flexibility index (Phi) is 3.85. The van der Waals surface area contributed by atoms with Gasteiger partial charge in [-0.1, -0.05) is 24.3 Å².